The first-order valence-electron chi connectivity index (χ1n) is 11.2. The maximum Gasteiger partial charge on any atom is 0.305 e. The van der Waals surface area contributed by atoms with Gasteiger partial charge in [-0.15, -0.1) is 0 Å². The van der Waals surface area contributed by atoms with Crippen LogP contribution in [0.1, 0.15) is 104 Å². The summed E-state index contributed by atoms with van der Waals surface area (Å²) in [7, 11) is 0. The molecule has 0 heterocycles. The van der Waals surface area contributed by atoms with E-state index in [1.807, 2.05) is 6.92 Å². The van der Waals surface area contributed by atoms with Crippen molar-refractivity contribution in [3.8, 4) is 0 Å². The molecule has 1 amide bonds. The first-order chi connectivity index (χ1) is 13.6. The highest BCUT2D eigenvalue weighted by Crippen LogP contribution is 2.07. The second-order valence-electron chi connectivity index (χ2n) is 7.28. The van der Waals surface area contributed by atoms with Crippen molar-refractivity contribution in [2.24, 2.45) is 0 Å². The average Bonchev–Trinajstić information content (AvgIpc) is 2.69. The first-order valence-corrected chi connectivity index (χ1v) is 11.2. The summed E-state index contributed by atoms with van der Waals surface area (Å²) in [6, 6.07) is 0. The molecule has 0 aliphatic carbocycles. The molecular weight excluding hydrogens is 354 g/mol. The van der Waals surface area contributed by atoms with Gasteiger partial charge in [-0.1, -0.05) is 51.7 Å². The smallest absolute Gasteiger partial charge is 0.305 e. The molecule has 5 nitrogen and oxygen atoms in total. The van der Waals surface area contributed by atoms with Crippen LogP contribution >= 0.6 is 0 Å². The van der Waals surface area contributed by atoms with Gasteiger partial charge in [-0.3, -0.25) is 14.4 Å². The van der Waals surface area contributed by atoms with E-state index < -0.39 is 5.91 Å². The molecule has 0 aromatic carbocycles. The summed E-state index contributed by atoms with van der Waals surface area (Å²) in [4.78, 5) is 34.5. The fourth-order valence-electron chi connectivity index (χ4n) is 2.75. The predicted octanol–water partition coefficient (Wildman–Crippen LogP) is 5.27. The summed E-state index contributed by atoms with van der Waals surface area (Å²) in [5.41, 5.74) is 0. The van der Waals surface area contributed by atoms with Crippen molar-refractivity contribution in [1.29, 1.82) is 0 Å². The summed E-state index contributed by atoms with van der Waals surface area (Å²) in [5.74, 6) is -0.782. The van der Waals surface area contributed by atoms with Crippen molar-refractivity contribution in [3.05, 3.63) is 12.2 Å². The van der Waals surface area contributed by atoms with Gasteiger partial charge in [-0.05, 0) is 51.4 Å². The zero-order valence-electron chi connectivity index (χ0n) is 18.1. The van der Waals surface area contributed by atoms with Gasteiger partial charge in [0.05, 0.1) is 6.61 Å². The number of esters is 1. The largest absolute Gasteiger partial charge is 0.466 e. The third-order valence-electron chi connectivity index (χ3n) is 4.48. The lowest BCUT2D eigenvalue weighted by Crippen LogP contribution is -2.31. The van der Waals surface area contributed by atoms with E-state index in [-0.39, 0.29) is 11.8 Å². The van der Waals surface area contributed by atoms with E-state index >= 15 is 0 Å². The molecule has 0 atom stereocenters. The SMILES string of the molecule is CCCCCC(=O)C(=O)NCCCC/C=C\CCCCCCC(=O)OCCC. The van der Waals surface area contributed by atoms with Crippen molar-refractivity contribution in [3.63, 3.8) is 0 Å². The van der Waals surface area contributed by atoms with E-state index in [0.717, 1.165) is 77.0 Å². The van der Waals surface area contributed by atoms with E-state index in [4.69, 9.17) is 4.74 Å². The molecule has 0 aromatic rings. The monoisotopic (exact) mass is 395 g/mol. The normalized spacial score (nSPS) is 10.9. The number of hydrogen-bond donors (Lipinski definition) is 1. The maximum atomic E-state index is 11.6. The van der Waals surface area contributed by atoms with Gasteiger partial charge < -0.3 is 10.1 Å². The van der Waals surface area contributed by atoms with E-state index in [0.29, 0.717) is 26.0 Å². The Morgan fingerprint density at radius 1 is 0.750 bits per heavy atom. The van der Waals surface area contributed by atoms with Crippen molar-refractivity contribution >= 4 is 17.7 Å². The van der Waals surface area contributed by atoms with Crippen LogP contribution in [0.3, 0.4) is 0 Å². The zero-order chi connectivity index (χ0) is 20.9. The summed E-state index contributed by atoms with van der Waals surface area (Å²) in [6.07, 6.45) is 17.3. The molecule has 28 heavy (non-hydrogen) atoms. The van der Waals surface area contributed by atoms with Crippen LogP contribution in [-0.4, -0.2) is 30.8 Å². The fourth-order valence-corrected chi connectivity index (χ4v) is 2.75. The van der Waals surface area contributed by atoms with Crippen LogP contribution in [0.15, 0.2) is 12.2 Å². The van der Waals surface area contributed by atoms with Gasteiger partial charge >= 0.3 is 5.97 Å². The zero-order valence-corrected chi connectivity index (χ0v) is 18.1. The molecule has 0 bridgehead atoms. The minimum atomic E-state index is -0.426. The molecule has 0 spiro atoms. The van der Waals surface area contributed by atoms with Crippen molar-refractivity contribution in [2.75, 3.05) is 13.2 Å². The molecule has 0 aliphatic rings. The number of ketones is 1. The number of ether oxygens (including phenoxy) is 1. The van der Waals surface area contributed by atoms with Crippen molar-refractivity contribution in [2.45, 2.75) is 104 Å². The fraction of sp³-hybridized carbons (Fsp3) is 0.783. The number of nitrogens with one attached hydrogen (secondary N) is 1. The van der Waals surface area contributed by atoms with Gasteiger partial charge in [0.15, 0.2) is 0 Å². The number of carbonyl (C=O) groups excluding carboxylic acids is 3. The number of rotatable bonds is 19. The lowest BCUT2D eigenvalue weighted by atomic mass is 10.1. The van der Waals surface area contributed by atoms with Crippen molar-refractivity contribution < 1.29 is 19.1 Å². The Balaban J connectivity index is 3.39. The van der Waals surface area contributed by atoms with Crippen LogP contribution < -0.4 is 5.32 Å². The molecule has 0 unspecified atom stereocenters. The second kappa shape index (κ2) is 20.1. The first kappa shape index (κ1) is 26.4. The number of hydrogen-bond acceptors (Lipinski definition) is 4. The van der Waals surface area contributed by atoms with Gasteiger partial charge in [0.25, 0.3) is 5.91 Å². The van der Waals surface area contributed by atoms with E-state index in [2.05, 4.69) is 24.4 Å². The lowest BCUT2D eigenvalue weighted by Gasteiger charge is -2.03. The Bertz CT molecular complexity index is 446. The minimum absolute atomic E-state index is 0.0706. The van der Waals surface area contributed by atoms with Gasteiger partial charge in [-0.2, -0.15) is 0 Å². The Kier molecular flexibility index (Phi) is 18.9. The molecule has 0 saturated heterocycles. The van der Waals surface area contributed by atoms with Gasteiger partial charge in [0.1, 0.15) is 0 Å². The molecule has 0 fully saturated rings. The van der Waals surface area contributed by atoms with Gasteiger partial charge in [0, 0.05) is 19.4 Å². The van der Waals surface area contributed by atoms with Crippen LogP contribution in [-0.2, 0) is 19.1 Å². The molecule has 162 valence electrons. The van der Waals surface area contributed by atoms with Crippen LogP contribution in [0.4, 0.5) is 0 Å². The summed E-state index contributed by atoms with van der Waals surface area (Å²) in [6.45, 7) is 5.19. The van der Waals surface area contributed by atoms with Crippen molar-refractivity contribution in [1.82, 2.24) is 5.32 Å². The maximum absolute atomic E-state index is 11.6. The Morgan fingerprint density at radius 3 is 2.07 bits per heavy atom. The quantitative estimate of drug-likeness (QED) is 0.140. The minimum Gasteiger partial charge on any atom is -0.466 e. The number of unbranched alkanes of at least 4 members (excludes halogenated alkanes) is 8. The highest BCUT2D eigenvalue weighted by atomic mass is 16.5. The molecule has 1 N–H and O–H groups in total. The number of carbonyl (C=O) groups is 3. The highest BCUT2D eigenvalue weighted by molar-refractivity contribution is 6.36. The Labute approximate surface area is 171 Å². The molecule has 0 saturated carbocycles. The summed E-state index contributed by atoms with van der Waals surface area (Å²) < 4.78 is 5.05. The molecule has 0 radical (unpaired) electrons. The molecule has 0 aliphatic heterocycles. The Morgan fingerprint density at radius 2 is 1.39 bits per heavy atom. The molecule has 5 heteroatoms. The van der Waals surface area contributed by atoms with E-state index in [1.54, 1.807) is 0 Å². The van der Waals surface area contributed by atoms with Gasteiger partial charge in [-0.25, -0.2) is 0 Å². The molecular formula is C23H41NO4. The highest BCUT2D eigenvalue weighted by Gasteiger charge is 2.11. The number of amides is 1. The predicted molar refractivity (Wildman–Crippen MR) is 114 cm³/mol. The number of Topliss-reactive ketones (excluding diaryl/α,β-unsaturated/α-hetero) is 1. The lowest BCUT2D eigenvalue weighted by molar-refractivity contribution is -0.143. The molecule has 0 rings (SSSR count). The van der Waals surface area contributed by atoms with Crippen LogP contribution in [0.2, 0.25) is 0 Å². The Hall–Kier alpha value is -1.65. The van der Waals surface area contributed by atoms with Gasteiger partial charge in [0.2, 0.25) is 5.78 Å². The third-order valence-corrected chi connectivity index (χ3v) is 4.48. The van der Waals surface area contributed by atoms with E-state index in [9.17, 15) is 14.4 Å². The topological polar surface area (TPSA) is 72.5 Å². The average molecular weight is 396 g/mol. The number of allylic oxidation sites excluding steroid dienone is 2. The third kappa shape index (κ3) is 17.7. The molecule has 0 aromatic heterocycles. The summed E-state index contributed by atoms with van der Waals surface area (Å²) in [5, 5.41) is 2.71. The van der Waals surface area contributed by atoms with Crippen LogP contribution in [0, 0.1) is 0 Å². The standard InChI is InChI=1S/C23H41NO4/c1-3-5-14-17-21(25)23(27)24-19-16-13-11-9-7-6-8-10-12-15-18-22(26)28-20-4-2/h7,9H,3-6,8,10-20H2,1-2H3,(H,24,27)/b9-7-. The van der Waals surface area contributed by atoms with Crippen LogP contribution in [0.25, 0.3) is 0 Å². The van der Waals surface area contributed by atoms with E-state index in [1.165, 1.54) is 0 Å². The summed E-state index contributed by atoms with van der Waals surface area (Å²) >= 11 is 0. The second-order valence-corrected chi connectivity index (χ2v) is 7.28. The van der Waals surface area contributed by atoms with Crippen LogP contribution in [0.5, 0.6) is 0 Å².